The maximum atomic E-state index is 11.8. The molecule has 0 aliphatic heterocycles. The zero-order valence-electron chi connectivity index (χ0n) is 11.5. The quantitative estimate of drug-likeness (QED) is 0.811. The van der Waals surface area contributed by atoms with Crippen LogP contribution in [0.5, 0.6) is 0 Å². The van der Waals surface area contributed by atoms with Crippen LogP contribution in [0.4, 0.5) is 10.5 Å². The molecule has 0 saturated heterocycles. The molecule has 0 aliphatic rings. The van der Waals surface area contributed by atoms with Gasteiger partial charge in [0, 0.05) is 18.3 Å². The first-order valence-electron chi connectivity index (χ1n) is 6.13. The Bertz CT molecular complexity index is 595. The maximum Gasteiger partial charge on any atom is 0.414 e. The van der Waals surface area contributed by atoms with Gasteiger partial charge in [-0.25, -0.2) is 9.78 Å². The summed E-state index contributed by atoms with van der Waals surface area (Å²) in [4.78, 5) is 17.6. The van der Waals surface area contributed by atoms with Crippen molar-refractivity contribution in [1.29, 1.82) is 0 Å². The Kier molecular flexibility index (Phi) is 4.77. The second kappa shape index (κ2) is 6.37. The third-order valence-corrected chi connectivity index (χ3v) is 4.11. The van der Waals surface area contributed by atoms with Crippen molar-refractivity contribution >= 4 is 39.0 Å². The molecule has 0 radical (unpaired) electrons. The van der Waals surface area contributed by atoms with Crippen LogP contribution in [0.15, 0.2) is 34.2 Å². The van der Waals surface area contributed by atoms with E-state index in [1.54, 1.807) is 24.6 Å². The highest BCUT2D eigenvalue weighted by atomic mass is 79.9. The lowest BCUT2D eigenvalue weighted by molar-refractivity contribution is 0.124. The lowest BCUT2D eigenvalue weighted by atomic mass is 10.2. The lowest BCUT2D eigenvalue weighted by Crippen LogP contribution is -2.29. The summed E-state index contributed by atoms with van der Waals surface area (Å²) in [6, 6.07) is 7.65. The second-order valence-corrected chi connectivity index (χ2v) is 6.92. The van der Waals surface area contributed by atoms with Crippen molar-refractivity contribution in [3.05, 3.63) is 34.2 Å². The van der Waals surface area contributed by atoms with Gasteiger partial charge in [-0.15, -0.1) is 11.3 Å². The summed E-state index contributed by atoms with van der Waals surface area (Å²) in [5.74, 6) is 0. The predicted molar refractivity (Wildman–Crippen MR) is 85.3 cm³/mol. The number of amides is 1. The van der Waals surface area contributed by atoms with Crippen molar-refractivity contribution in [2.45, 2.75) is 20.0 Å². The highest BCUT2D eigenvalue weighted by Crippen LogP contribution is 2.29. The molecular formula is C14H15BrN2O2S. The van der Waals surface area contributed by atoms with Crippen molar-refractivity contribution < 1.29 is 9.53 Å². The van der Waals surface area contributed by atoms with Gasteiger partial charge in [0.05, 0.1) is 16.1 Å². The van der Waals surface area contributed by atoms with Crippen LogP contribution < -0.4 is 4.90 Å². The molecule has 106 valence electrons. The van der Waals surface area contributed by atoms with Gasteiger partial charge in [0.15, 0.2) is 0 Å². The zero-order valence-corrected chi connectivity index (χ0v) is 13.9. The van der Waals surface area contributed by atoms with E-state index in [4.69, 9.17) is 4.74 Å². The molecule has 1 amide bonds. The van der Waals surface area contributed by atoms with Crippen LogP contribution >= 0.6 is 27.3 Å². The van der Waals surface area contributed by atoms with E-state index in [1.165, 1.54) is 4.90 Å². The van der Waals surface area contributed by atoms with Crippen LogP contribution in [0.3, 0.4) is 0 Å². The van der Waals surface area contributed by atoms with Gasteiger partial charge in [-0.2, -0.15) is 0 Å². The average molecular weight is 355 g/mol. The maximum absolute atomic E-state index is 11.8. The standard InChI is InChI=1S/C14H15BrN2O2S/c1-9(2)19-14(18)17(3)11-6-4-10(5-7-11)13-16-8-12(15)20-13/h4-9H,1-3H3. The molecule has 1 aromatic carbocycles. The number of carbonyl (C=O) groups excluding carboxylic acids is 1. The second-order valence-electron chi connectivity index (χ2n) is 4.51. The summed E-state index contributed by atoms with van der Waals surface area (Å²) in [5, 5.41) is 0.941. The number of rotatable bonds is 3. The summed E-state index contributed by atoms with van der Waals surface area (Å²) in [6.45, 7) is 3.66. The van der Waals surface area contributed by atoms with E-state index in [1.807, 2.05) is 38.1 Å². The number of nitrogens with zero attached hydrogens (tertiary/aromatic N) is 2. The predicted octanol–water partition coefficient (Wildman–Crippen LogP) is 4.55. The lowest BCUT2D eigenvalue weighted by Gasteiger charge is -2.18. The van der Waals surface area contributed by atoms with Crippen LogP contribution in [0.2, 0.25) is 0 Å². The molecule has 4 nitrogen and oxygen atoms in total. The van der Waals surface area contributed by atoms with E-state index in [9.17, 15) is 4.79 Å². The smallest absolute Gasteiger partial charge is 0.414 e. The van der Waals surface area contributed by atoms with Crippen molar-refractivity contribution in [3.8, 4) is 10.6 Å². The number of carbonyl (C=O) groups is 1. The normalized spacial score (nSPS) is 10.7. The van der Waals surface area contributed by atoms with Gasteiger partial charge < -0.3 is 4.74 Å². The SMILES string of the molecule is CC(C)OC(=O)N(C)c1ccc(-c2ncc(Br)s2)cc1. The molecule has 0 spiro atoms. The van der Waals surface area contributed by atoms with Crippen molar-refractivity contribution in [3.63, 3.8) is 0 Å². The molecule has 0 fully saturated rings. The molecule has 20 heavy (non-hydrogen) atoms. The molecule has 1 heterocycles. The number of hydrogen-bond acceptors (Lipinski definition) is 4. The van der Waals surface area contributed by atoms with Gasteiger partial charge in [0.25, 0.3) is 0 Å². The molecule has 2 aromatic rings. The first-order chi connectivity index (χ1) is 9.47. The molecule has 6 heteroatoms. The Balaban J connectivity index is 2.13. The minimum absolute atomic E-state index is 0.128. The van der Waals surface area contributed by atoms with E-state index in [2.05, 4.69) is 20.9 Å². The topological polar surface area (TPSA) is 42.4 Å². The Morgan fingerprint density at radius 2 is 2.00 bits per heavy atom. The minimum atomic E-state index is -0.357. The highest BCUT2D eigenvalue weighted by Gasteiger charge is 2.14. The molecule has 0 unspecified atom stereocenters. The molecule has 0 aliphatic carbocycles. The number of ether oxygens (including phenoxy) is 1. The van der Waals surface area contributed by atoms with Crippen LogP contribution in [0.1, 0.15) is 13.8 Å². The number of halogens is 1. The van der Waals surface area contributed by atoms with Gasteiger partial charge in [0.2, 0.25) is 0 Å². The fraction of sp³-hybridized carbons (Fsp3) is 0.286. The Morgan fingerprint density at radius 1 is 1.35 bits per heavy atom. The van der Waals surface area contributed by atoms with E-state index in [-0.39, 0.29) is 12.2 Å². The van der Waals surface area contributed by atoms with Crippen LogP contribution in [0.25, 0.3) is 10.6 Å². The summed E-state index contributed by atoms with van der Waals surface area (Å²) < 4.78 is 6.15. The monoisotopic (exact) mass is 354 g/mol. The fourth-order valence-electron chi connectivity index (χ4n) is 1.60. The minimum Gasteiger partial charge on any atom is -0.446 e. The summed E-state index contributed by atoms with van der Waals surface area (Å²) in [6.07, 6.45) is 1.29. The van der Waals surface area contributed by atoms with E-state index in [0.29, 0.717) is 0 Å². The highest BCUT2D eigenvalue weighted by molar-refractivity contribution is 9.11. The van der Waals surface area contributed by atoms with Crippen LogP contribution in [-0.2, 0) is 4.74 Å². The molecule has 0 saturated carbocycles. The van der Waals surface area contributed by atoms with Gasteiger partial charge in [-0.3, -0.25) is 4.90 Å². The summed E-state index contributed by atoms with van der Waals surface area (Å²) in [7, 11) is 1.69. The van der Waals surface area contributed by atoms with Gasteiger partial charge in [-0.05, 0) is 54.0 Å². The van der Waals surface area contributed by atoms with Crippen molar-refractivity contribution in [1.82, 2.24) is 4.98 Å². The van der Waals surface area contributed by atoms with Crippen LogP contribution in [0, 0.1) is 0 Å². The molecule has 0 atom stereocenters. The van der Waals surface area contributed by atoms with Crippen molar-refractivity contribution in [2.24, 2.45) is 0 Å². The number of anilines is 1. The van der Waals surface area contributed by atoms with E-state index >= 15 is 0 Å². The molecule has 0 bridgehead atoms. The van der Waals surface area contributed by atoms with E-state index in [0.717, 1.165) is 20.0 Å². The first kappa shape index (κ1) is 15.0. The van der Waals surface area contributed by atoms with E-state index < -0.39 is 0 Å². The number of hydrogen-bond donors (Lipinski definition) is 0. The molecule has 2 rings (SSSR count). The summed E-state index contributed by atoms with van der Waals surface area (Å²) in [5.41, 5.74) is 1.81. The largest absolute Gasteiger partial charge is 0.446 e. The zero-order chi connectivity index (χ0) is 14.7. The van der Waals surface area contributed by atoms with Crippen molar-refractivity contribution in [2.75, 3.05) is 11.9 Å². The van der Waals surface area contributed by atoms with Gasteiger partial charge in [0.1, 0.15) is 5.01 Å². The Morgan fingerprint density at radius 3 is 2.50 bits per heavy atom. The third-order valence-electron chi connectivity index (χ3n) is 2.59. The molecule has 1 aromatic heterocycles. The Hall–Kier alpha value is -1.40. The Labute approximate surface area is 130 Å². The average Bonchev–Trinajstić information content (AvgIpc) is 2.84. The molecule has 0 N–H and O–H groups in total. The first-order valence-corrected chi connectivity index (χ1v) is 7.74. The summed E-state index contributed by atoms with van der Waals surface area (Å²) >= 11 is 4.97. The molecular weight excluding hydrogens is 340 g/mol. The number of benzene rings is 1. The number of thiazole rings is 1. The van der Waals surface area contributed by atoms with Crippen LogP contribution in [-0.4, -0.2) is 24.2 Å². The van der Waals surface area contributed by atoms with Gasteiger partial charge in [-0.1, -0.05) is 0 Å². The fourth-order valence-corrected chi connectivity index (χ4v) is 2.81. The number of aromatic nitrogens is 1. The van der Waals surface area contributed by atoms with Gasteiger partial charge >= 0.3 is 6.09 Å². The third kappa shape index (κ3) is 3.58.